The number of carbonyl (C=O) groups excluding carboxylic acids is 4. The first kappa shape index (κ1) is 41.3. The van der Waals surface area contributed by atoms with Crippen LogP contribution in [0.4, 0.5) is 9.59 Å². The summed E-state index contributed by atoms with van der Waals surface area (Å²) in [6, 6.07) is 24.4. The quantitative estimate of drug-likeness (QED) is 0.100. The number of alkyl carbamates (subject to hydrolysis) is 2. The average molecular weight is 863 g/mol. The van der Waals surface area contributed by atoms with Gasteiger partial charge in [0.05, 0.1) is 37.7 Å². The minimum atomic E-state index is -0.677. The number of carbonyl (C=O) groups is 4. The molecule has 14 nitrogen and oxygen atoms in total. The SMILES string of the molecule is COC(=O)NC(C(=O)N1[C@@H]2C[C@@H]2C[C@H]1c1nc(-c2ccc3cc(-c4ccc5cc(-c6c[nH]c([C@@H]7C[C@H]8C[C@H]8N7C(=O)[C@@H](NC(=O)OC)C(C)C)n6)ccc5c4)ccc3c2)c[nH]1)C(C)C. The second kappa shape index (κ2) is 16.1. The van der Waals surface area contributed by atoms with Crippen molar-refractivity contribution < 1.29 is 28.7 Å². The van der Waals surface area contributed by atoms with E-state index < -0.39 is 24.3 Å². The maximum atomic E-state index is 13.9. The summed E-state index contributed by atoms with van der Waals surface area (Å²) < 4.78 is 9.63. The zero-order chi connectivity index (χ0) is 44.6. The van der Waals surface area contributed by atoms with Crippen molar-refractivity contribution in [3.8, 4) is 33.6 Å². The van der Waals surface area contributed by atoms with Gasteiger partial charge in [0.15, 0.2) is 0 Å². The molecule has 4 heterocycles. The third-order valence-corrected chi connectivity index (χ3v) is 13.9. The van der Waals surface area contributed by atoms with Gasteiger partial charge in [0.1, 0.15) is 23.7 Å². The highest BCUT2D eigenvalue weighted by Crippen LogP contribution is 2.54. The van der Waals surface area contributed by atoms with Crippen molar-refractivity contribution in [3.05, 3.63) is 96.8 Å². The van der Waals surface area contributed by atoms with Crippen LogP contribution in [0.3, 0.4) is 0 Å². The van der Waals surface area contributed by atoms with Crippen molar-refractivity contribution in [2.45, 2.75) is 89.6 Å². The second-order valence-electron chi connectivity index (χ2n) is 18.7. The van der Waals surface area contributed by atoms with E-state index >= 15 is 0 Å². The predicted molar refractivity (Wildman–Crippen MR) is 243 cm³/mol. The van der Waals surface area contributed by atoms with E-state index in [-0.39, 0.29) is 47.8 Å². The van der Waals surface area contributed by atoms with E-state index in [9.17, 15) is 19.2 Å². The first-order chi connectivity index (χ1) is 30.9. The van der Waals surface area contributed by atoms with Crippen molar-refractivity contribution >= 4 is 45.5 Å². The van der Waals surface area contributed by atoms with Gasteiger partial charge >= 0.3 is 12.2 Å². The lowest BCUT2D eigenvalue weighted by Crippen LogP contribution is -2.52. The number of likely N-dealkylation sites (tertiary alicyclic amines) is 2. The molecule has 1 unspecified atom stereocenters. The Hall–Kier alpha value is -6.70. The van der Waals surface area contributed by atoms with Crippen LogP contribution in [0.15, 0.2) is 85.2 Å². The van der Waals surface area contributed by atoms with Crippen molar-refractivity contribution in [3.63, 3.8) is 0 Å². The molecule has 0 bridgehead atoms. The number of rotatable bonds is 11. The fraction of sp³-hybridized carbons (Fsp3) is 0.400. The second-order valence-corrected chi connectivity index (χ2v) is 18.7. The van der Waals surface area contributed by atoms with Crippen LogP contribution in [-0.2, 0) is 19.1 Å². The van der Waals surface area contributed by atoms with Gasteiger partial charge in [-0.15, -0.1) is 0 Å². The zero-order valence-corrected chi connectivity index (χ0v) is 36.9. The minimum Gasteiger partial charge on any atom is -0.453 e. The van der Waals surface area contributed by atoms with Gasteiger partial charge in [-0.25, -0.2) is 19.6 Å². The summed E-state index contributed by atoms with van der Waals surface area (Å²) >= 11 is 0. The van der Waals surface area contributed by atoms with Crippen molar-refractivity contribution in [2.75, 3.05) is 14.2 Å². The number of fused-ring (bicyclic) bond motifs is 4. The molecule has 4 aromatic carbocycles. The minimum absolute atomic E-state index is 0.0953. The Morgan fingerprint density at radius 3 is 1.28 bits per heavy atom. The number of ether oxygens (including phenoxy) is 2. The van der Waals surface area contributed by atoms with Crippen molar-refractivity contribution in [2.24, 2.45) is 23.7 Å². The summed E-state index contributed by atoms with van der Waals surface area (Å²) in [6.07, 6.45) is 6.26. The molecule has 6 aromatic rings. The van der Waals surface area contributed by atoms with Gasteiger partial charge in [0.2, 0.25) is 11.8 Å². The molecule has 8 atom stereocenters. The number of benzene rings is 4. The predicted octanol–water partition coefficient (Wildman–Crippen LogP) is 8.53. The number of piperidine rings is 2. The average Bonchev–Trinajstić information content (AvgIpc) is 3.88. The number of aromatic amines is 2. The highest BCUT2D eigenvalue weighted by molar-refractivity contribution is 5.94. The molecule has 2 aliphatic heterocycles. The fourth-order valence-electron chi connectivity index (χ4n) is 10.2. The summed E-state index contributed by atoms with van der Waals surface area (Å²) in [6.45, 7) is 7.71. The summed E-state index contributed by atoms with van der Waals surface area (Å²) in [5.74, 6) is 2.03. The van der Waals surface area contributed by atoms with Crippen LogP contribution in [0, 0.1) is 23.7 Å². The topological polar surface area (TPSA) is 175 Å². The van der Waals surface area contributed by atoms with E-state index in [4.69, 9.17) is 19.4 Å². The monoisotopic (exact) mass is 862 g/mol. The third-order valence-electron chi connectivity index (χ3n) is 13.9. The van der Waals surface area contributed by atoms with Crippen LogP contribution in [0.5, 0.6) is 0 Å². The smallest absolute Gasteiger partial charge is 0.407 e. The molecule has 0 radical (unpaired) electrons. The van der Waals surface area contributed by atoms with Crippen molar-refractivity contribution in [1.29, 1.82) is 0 Å². The molecule has 10 rings (SSSR count). The molecule has 64 heavy (non-hydrogen) atoms. The van der Waals surface area contributed by atoms with E-state index in [0.717, 1.165) is 92.5 Å². The van der Waals surface area contributed by atoms with Gasteiger partial charge in [-0.1, -0.05) is 76.2 Å². The molecule has 14 heteroatoms. The molecule has 330 valence electrons. The third kappa shape index (κ3) is 7.51. The summed E-state index contributed by atoms with van der Waals surface area (Å²) in [5, 5.41) is 9.93. The highest BCUT2D eigenvalue weighted by Gasteiger charge is 2.57. The number of imidazole rings is 2. The Morgan fingerprint density at radius 1 is 0.562 bits per heavy atom. The van der Waals surface area contributed by atoms with Gasteiger partial charge in [-0.3, -0.25) is 9.59 Å². The number of amides is 4. The highest BCUT2D eigenvalue weighted by atomic mass is 16.5. The number of H-pyrrole nitrogens is 2. The Bertz CT molecular complexity index is 2620. The number of hydrogen-bond acceptors (Lipinski definition) is 8. The molecular formula is C50H54N8O6. The maximum absolute atomic E-state index is 13.9. The molecule has 4 aliphatic rings. The van der Waals surface area contributed by atoms with E-state index in [1.165, 1.54) is 14.2 Å². The Balaban J connectivity index is 0.834. The van der Waals surface area contributed by atoms with Gasteiger partial charge in [-0.05, 0) is 106 Å². The number of nitrogens with zero attached hydrogens (tertiary/aromatic N) is 4. The first-order valence-corrected chi connectivity index (χ1v) is 22.4. The standard InChI is InChI=1S/C50H54N8O6/c1-25(2)43(55-49(61)63-5)47(59)57-39-19-35(39)21-41(57)45-51-23-37(53-45)33-13-11-29-15-27(7-9-31(29)17-33)28-8-10-32-18-34(14-12-30(32)16-28)38-24-52-46(54-38)42-22-36-20-40(36)58(42)48(60)44(26(3)4)56-50(62)64-6/h7-18,23-26,35-36,39-44H,19-22H2,1-6H3,(H,51,53)(H,52,54)(H,55,61)(H,56,62)/t35-,36-,39-,40-,41+,42+,43+,44?/m1/s1. The number of aromatic nitrogens is 4. The number of methoxy groups -OCH3 is 2. The van der Waals surface area contributed by atoms with E-state index in [2.05, 4.69) is 93.4 Å². The van der Waals surface area contributed by atoms with E-state index in [0.29, 0.717) is 11.8 Å². The summed E-state index contributed by atoms with van der Waals surface area (Å²) in [4.78, 5) is 72.6. The molecule has 0 spiro atoms. The Labute approximate surface area is 371 Å². The van der Waals surface area contributed by atoms with E-state index in [1.807, 2.05) is 49.9 Å². The van der Waals surface area contributed by atoms with Gasteiger partial charge < -0.3 is 39.9 Å². The molecule has 4 amide bonds. The van der Waals surface area contributed by atoms with Crippen LogP contribution in [0.1, 0.15) is 77.1 Å². The molecule has 2 aliphatic carbocycles. The van der Waals surface area contributed by atoms with Crippen LogP contribution in [0.2, 0.25) is 0 Å². The summed E-state index contributed by atoms with van der Waals surface area (Å²) in [5.41, 5.74) is 5.84. The number of nitrogens with one attached hydrogen (secondary N) is 4. The molecule has 2 saturated heterocycles. The first-order valence-electron chi connectivity index (χ1n) is 22.4. The van der Waals surface area contributed by atoms with Crippen LogP contribution < -0.4 is 10.6 Å². The largest absolute Gasteiger partial charge is 0.453 e. The van der Waals surface area contributed by atoms with Crippen LogP contribution in [0.25, 0.3) is 55.2 Å². The Kier molecular flexibility index (Phi) is 10.4. The summed E-state index contributed by atoms with van der Waals surface area (Å²) in [7, 11) is 2.61. The number of hydrogen-bond donors (Lipinski definition) is 4. The van der Waals surface area contributed by atoms with Gasteiger partial charge in [0, 0.05) is 35.6 Å². The van der Waals surface area contributed by atoms with Crippen molar-refractivity contribution in [1.82, 2.24) is 40.4 Å². The zero-order valence-electron chi connectivity index (χ0n) is 36.9. The van der Waals surface area contributed by atoms with Crippen LogP contribution in [-0.4, -0.2) is 92.1 Å². The lowest BCUT2D eigenvalue weighted by molar-refractivity contribution is -0.137. The van der Waals surface area contributed by atoms with E-state index in [1.54, 1.807) is 0 Å². The molecular weight excluding hydrogens is 809 g/mol. The lowest BCUT2D eigenvalue weighted by Gasteiger charge is -2.31. The van der Waals surface area contributed by atoms with Crippen LogP contribution >= 0.6 is 0 Å². The molecule has 4 fully saturated rings. The normalized spacial score (nSPS) is 22.9. The molecule has 4 N–H and O–H groups in total. The van der Waals surface area contributed by atoms with Gasteiger partial charge in [0.25, 0.3) is 0 Å². The Morgan fingerprint density at radius 2 is 0.922 bits per heavy atom. The van der Waals surface area contributed by atoms with Gasteiger partial charge in [-0.2, -0.15) is 0 Å². The maximum Gasteiger partial charge on any atom is 0.407 e. The molecule has 2 saturated carbocycles. The fourth-order valence-corrected chi connectivity index (χ4v) is 10.2. The molecule has 2 aromatic heterocycles. The lowest BCUT2D eigenvalue weighted by atomic mass is 9.97.